The average molecular weight is 386 g/mol. The van der Waals surface area contributed by atoms with Crippen molar-refractivity contribution in [2.24, 2.45) is 11.7 Å². The Kier molecular flexibility index (Phi) is 5.84. The van der Waals surface area contributed by atoms with E-state index in [0.717, 1.165) is 28.5 Å². The van der Waals surface area contributed by atoms with Crippen molar-refractivity contribution >= 4 is 28.5 Å². The minimum Gasteiger partial charge on any atom is -0.336 e. The van der Waals surface area contributed by atoms with Gasteiger partial charge in [0.2, 0.25) is 0 Å². The van der Waals surface area contributed by atoms with Gasteiger partial charge in [0.1, 0.15) is 0 Å². The van der Waals surface area contributed by atoms with Crippen molar-refractivity contribution in [2.45, 2.75) is 38.6 Å². The van der Waals surface area contributed by atoms with Crippen LogP contribution in [0.15, 0.2) is 24.3 Å². The Bertz CT molecular complexity index is 464. The molecular formula is C16H23IN2O. The van der Waals surface area contributed by atoms with Crippen molar-refractivity contribution in [3.05, 3.63) is 33.4 Å². The van der Waals surface area contributed by atoms with Crippen molar-refractivity contribution in [2.75, 3.05) is 13.1 Å². The lowest BCUT2D eigenvalue weighted by Crippen LogP contribution is -2.48. The van der Waals surface area contributed by atoms with Crippen molar-refractivity contribution < 1.29 is 4.79 Å². The summed E-state index contributed by atoms with van der Waals surface area (Å²) in [5.74, 6) is 0.604. The Morgan fingerprint density at radius 2 is 2.15 bits per heavy atom. The third kappa shape index (κ3) is 3.52. The molecule has 1 fully saturated rings. The van der Waals surface area contributed by atoms with E-state index in [0.29, 0.717) is 18.5 Å². The summed E-state index contributed by atoms with van der Waals surface area (Å²) in [6, 6.07) is 8.14. The van der Waals surface area contributed by atoms with Crippen LogP contribution in [0.1, 0.15) is 43.0 Å². The van der Waals surface area contributed by atoms with Gasteiger partial charge in [-0.3, -0.25) is 4.79 Å². The molecule has 0 aliphatic heterocycles. The van der Waals surface area contributed by atoms with Crippen LogP contribution < -0.4 is 5.73 Å². The summed E-state index contributed by atoms with van der Waals surface area (Å²) < 4.78 is 1.10. The molecule has 20 heavy (non-hydrogen) atoms. The summed E-state index contributed by atoms with van der Waals surface area (Å²) in [5.41, 5.74) is 6.70. The van der Waals surface area contributed by atoms with E-state index in [-0.39, 0.29) is 5.91 Å². The highest BCUT2D eigenvalue weighted by atomic mass is 127. The molecule has 0 spiro atoms. The molecule has 1 aromatic rings. The topological polar surface area (TPSA) is 46.3 Å². The molecule has 0 radical (unpaired) electrons. The molecule has 1 aliphatic carbocycles. The van der Waals surface area contributed by atoms with Crippen LogP contribution in [0.4, 0.5) is 0 Å². The Morgan fingerprint density at radius 1 is 1.40 bits per heavy atom. The summed E-state index contributed by atoms with van der Waals surface area (Å²) in [7, 11) is 0. The zero-order valence-electron chi connectivity index (χ0n) is 12.0. The Labute approximate surface area is 135 Å². The number of rotatable bonds is 4. The van der Waals surface area contributed by atoms with Crippen LogP contribution in [0, 0.1) is 9.49 Å². The van der Waals surface area contributed by atoms with Crippen molar-refractivity contribution in [1.82, 2.24) is 4.90 Å². The molecule has 0 saturated heterocycles. The molecule has 1 saturated carbocycles. The van der Waals surface area contributed by atoms with E-state index in [1.165, 1.54) is 12.8 Å². The lowest BCUT2D eigenvalue weighted by atomic mass is 9.83. The maximum atomic E-state index is 12.8. The highest BCUT2D eigenvalue weighted by molar-refractivity contribution is 14.1. The number of carbonyl (C=O) groups excluding carboxylic acids is 1. The van der Waals surface area contributed by atoms with Gasteiger partial charge in [0.05, 0.1) is 0 Å². The van der Waals surface area contributed by atoms with Crippen LogP contribution in [-0.2, 0) is 0 Å². The smallest absolute Gasteiger partial charge is 0.254 e. The predicted octanol–water partition coefficient (Wildman–Crippen LogP) is 3.27. The zero-order valence-corrected chi connectivity index (χ0v) is 14.2. The average Bonchev–Trinajstić information content (AvgIpc) is 2.48. The Balaban J connectivity index is 2.20. The van der Waals surface area contributed by atoms with E-state index < -0.39 is 0 Å². The van der Waals surface area contributed by atoms with E-state index in [1.54, 1.807) is 0 Å². The van der Waals surface area contributed by atoms with Gasteiger partial charge < -0.3 is 10.6 Å². The summed E-state index contributed by atoms with van der Waals surface area (Å²) in [5, 5.41) is 0. The molecule has 1 aliphatic rings. The number of nitrogens with two attached hydrogens (primary N) is 1. The molecule has 2 rings (SSSR count). The number of hydrogen-bond donors (Lipinski definition) is 1. The first-order valence-electron chi connectivity index (χ1n) is 7.44. The normalized spacial score (nSPS) is 22.6. The number of amides is 1. The molecule has 2 N–H and O–H groups in total. The van der Waals surface area contributed by atoms with E-state index in [9.17, 15) is 4.79 Å². The fourth-order valence-electron chi connectivity index (χ4n) is 3.19. The van der Waals surface area contributed by atoms with E-state index in [4.69, 9.17) is 5.73 Å². The number of carbonyl (C=O) groups is 1. The van der Waals surface area contributed by atoms with Crippen LogP contribution in [-0.4, -0.2) is 29.9 Å². The SMILES string of the molecule is CCN(C(=O)c1cccc(I)c1)C1CCCCC1CN. The van der Waals surface area contributed by atoms with E-state index in [2.05, 4.69) is 29.5 Å². The van der Waals surface area contributed by atoms with Crippen molar-refractivity contribution in [3.63, 3.8) is 0 Å². The van der Waals surface area contributed by atoms with Gasteiger partial charge in [0.15, 0.2) is 0 Å². The number of benzene rings is 1. The molecule has 3 nitrogen and oxygen atoms in total. The molecule has 110 valence electrons. The Hall–Kier alpha value is -0.620. The van der Waals surface area contributed by atoms with Crippen LogP contribution in [0.25, 0.3) is 0 Å². The van der Waals surface area contributed by atoms with Crippen molar-refractivity contribution in [1.29, 1.82) is 0 Å². The monoisotopic (exact) mass is 386 g/mol. The lowest BCUT2D eigenvalue weighted by Gasteiger charge is -2.39. The standard InChI is InChI=1S/C16H23IN2O/c1-2-19(15-9-4-3-6-13(15)11-18)16(20)12-7-5-8-14(17)10-12/h5,7-8,10,13,15H,2-4,6,9,11,18H2,1H3. The summed E-state index contributed by atoms with van der Waals surface area (Å²) in [6.45, 7) is 3.50. The Morgan fingerprint density at radius 3 is 2.80 bits per heavy atom. The zero-order chi connectivity index (χ0) is 14.5. The number of halogens is 1. The quantitative estimate of drug-likeness (QED) is 0.808. The van der Waals surface area contributed by atoms with Crippen LogP contribution in [0.5, 0.6) is 0 Å². The minimum absolute atomic E-state index is 0.149. The largest absolute Gasteiger partial charge is 0.336 e. The van der Waals surface area contributed by atoms with Gasteiger partial charge in [-0.25, -0.2) is 0 Å². The van der Waals surface area contributed by atoms with Gasteiger partial charge in [-0.05, 0) is 73.0 Å². The number of hydrogen-bond acceptors (Lipinski definition) is 2. The third-order valence-electron chi connectivity index (χ3n) is 4.25. The molecule has 4 heteroatoms. The molecule has 0 aromatic heterocycles. The molecule has 0 heterocycles. The molecule has 0 bridgehead atoms. The van der Waals surface area contributed by atoms with Gasteiger partial charge in [-0.1, -0.05) is 18.9 Å². The molecule has 2 unspecified atom stereocenters. The summed E-state index contributed by atoms with van der Waals surface area (Å²) in [6.07, 6.45) is 4.69. The van der Waals surface area contributed by atoms with Crippen LogP contribution in [0.3, 0.4) is 0 Å². The fourth-order valence-corrected chi connectivity index (χ4v) is 3.73. The second-order valence-electron chi connectivity index (χ2n) is 5.45. The predicted molar refractivity (Wildman–Crippen MR) is 90.7 cm³/mol. The number of nitrogens with zero attached hydrogens (tertiary/aromatic N) is 1. The third-order valence-corrected chi connectivity index (χ3v) is 4.92. The van der Waals surface area contributed by atoms with Gasteiger partial charge >= 0.3 is 0 Å². The van der Waals surface area contributed by atoms with Crippen molar-refractivity contribution in [3.8, 4) is 0 Å². The van der Waals surface area contributed by atoms with Gasteiger partial charge in [0.25, 0.3) is 5.91 Å². The maximum absolute atomic E-state index is 12.8. The molecule has 1 amide bonds. The van der Waals surface area contributed by atoms with Crippen LogP contribution in [0.2, 0.25) is 0 Å². The molecule has 2 atom stereocenters. The highest BCUT2D eigenvalue weighted by Crippen LogP contribution is 2.29. The first-order valence-corrected chi connectivity index (χ1v) is 8.51. The highest BCUT2D eigenvalue weighted by Gasteiger charge is 2.31. The maximum Gasteiger partial charge on any atom is 0.254 e. The van der Waals surface area contributed by atoms with Gasteiger partial charge in [0, 0.05) is 21.7 Å². The second kappa shape index (κ2) is 7.41. The summed E-state index contributed by atoms with van der Waals surface area (Å²) in [4.78, 5) is 14.8. The molecular weight excluding hydrogens is 363 g/mol. The second-order valence-corrected chi connectivity index (χ2v) is 6.69. The van der Waals surface area contributed by atoms with E-state index in [1.807, 2.05) is 29.2 Å². The van der Waals surface area contributed by atoms with E-state index >= 15 is 0 Å². The van der Waals surface area contributed by atoms with Crippen LogP contribution >= 0.6 is 22.6 Å². The first-order chi connectivity index (χ1) is 9.67. The van der Waals surface area contributed by atoms with Gasteiger partial charge in [-0.2, -0.15) is 0 Å². The minimum atomic E-state index is 0.149. The lowest BCUT2D eigenvalue weighted by molar-refractivity contribution is 0.0560. The fraction of sp³-hybridized carbons (Fsp3) is 0.562. The molecule has 1 aromatic carbocycles. The summed E-state index contributed by atoms with van der Waals surface area (Å²) >= 11 is 2.25. The van der Waals surface area contributed by atoms with Gasteiger partial charge in [-0.15, -0.1) is 0 Å². The first kappa shape index (κ1) is 15.8.